The Morgan fingerprint density at radius 1 is 1.22 bits per heavy atom. The predicted molar refractivity (Wildman–Crippen MR) is 86.0 cm³/mol. The lowest BCUT2D eigenvalue weighted by atomic mass is 10.2. The molecular weight excluding hydrogens is 322 g/mol. The van der Waals surface area contributed by atoms with Gasteiger partial charge in [0.25, 0.3) is 10.2 Å². The van der Waals surface area contributed by atoms with Gasteiger partial charge in [0.15, 0.2) is 11.5 Å². The molecule has 8 nitrogen and oxygen atoms in total. The molecule has 23 heavy (non-hydrogen) atoms. The molecule has 1 aliphatic heterocycles. The molecule has 1 unspecified atom stereocenters. The maximum absolute atomic E-state index is 12.2. The van der Waals surface area contributed by atoms with Gasteiger partial charge in [-0.15, -0.1) is 0 Å². The number of ether oxygens (including phenoxy) is 2. The van der Waals surface area contributed by atoms with Crippen LogP contribution in [0.25, 0.3) is 0 Å². The van der Waals surface area contributed by atoms with Crippen molar-refractivity contribution in [2.75, 3.05) is 39.8 Å². The Kier molecular flexibility index (Phi) is 5.12. The van der Waals surface area contributed by atoms with Crippen molar-refractivity contribution in [3.8, 4) is 11.5 Å². The average molecular weight is 343 g/mol. The van der Waals surface area contributed by atoms with Crippen molar-refractivity contribution in [3.63, 3.8) is 0 Å². The van der Waals surface area contributed by atoms with Crippen LogP contribution in [-0.4, -0.2) is 59.5 Å². The lowest BCUT2D eigenvalue weighted by Gasteiger charge is -2.20. The van der Waals surface area contributed by atoms with Crippen LogP contribution in [0.3, 0.4) is 0 Å². The van der Waals surface area contributed by atoms with Gasteiger partial charge in [0.1, 0.15) is 0 Å². The second kappa shape index (κ2) is 6.73. The molecule has 0 aromatic heterocycles. The number of hydrogen-bond acceptors (Lipinski definition) is 5. The largest absolute Gasteiger partial charge is 0.493 e. The molecule has 1 fully saturated rings. The molecule has 0 spiro atoms. The minimum absolute atomic E-state index is 0.113. The molecule has 0 bridgehead atoms. The van der Waals surface area contributed by atoms with Crippen LogP contribution >= 0.6 is 0 Å². The third-order valence-electron chi connectivity index (χ3n) is 3.60. The third kappa shape index (κ3) is 3.74. The Bertz CT molecular complexity index is 690. The van der Waals surface area contributed by atoms with Gasteiger partial charge in [-0.1, -0.05) is 0 Å². The highest BCUT2D eigenvalue weighted by Crippen LogP contribution is 2.33. The number of benzene rings is 1. The Labute approximate surface area is 136 Å². The number of anilines is 1. The summed E-state index contributed by atoms with van der Waals surface area (Å²) in [6.07, 6.45) is 0.113. The number of nitrogens with one attached hydrogen (secondary N) is 1. The van der Waals surface area contributed by atoms with E-state index in [0.717, 1.165) is 4.31 Å². The van der Waals surface area contributed by atoms with Crippen LogP contribution in [0.1, 0.15) is 6.42 Å². The van der Waals surface area contributed by atoms with Crippen LogP contribution in [0.2, 0.25) is 0 Å². The van der Waals surface area contributed by atoms with Gasteiger partial charge in [-0.3, -0.25) is 4.79 Å². The van der Waals surface area contributed by atoms with Crippen LogP contribution in [0.15, 0.2) is 18.2 Å². The van der Waals surface area contributed by atoms with Crippen molar-refractivity contribution < 1.29 is 22.7 Å². The lowest BCUT2D eigenvalue weighted by molar-refractivity contribution is -0.117. The SMILES string of the molecule is COc1ccc(N2CC(NS(=O)(=O)N(C)C)CC2=O)cc1OC. The van der Waals surface area contributed by atoms with Crippen molar-refractivity contribution in [1.82, 2.24) is 9.03 Å². The maximum Gasteiger partial charge on any atom is 0.279 e. The molecular formula is C14H21N3O5S. The molecule has 128 valence electrons. The molecule has 1 aromatic rings. The molecule has 0 aliphatic carbocycles. The summed E-state index contributed by atoms with van der Waals surface area (Å²) in [5.41, 5.74) is 0.638. The van der Waals surface area contributed by atoms with Gasteiger partial charge in [0.2, 0.25) is 5.91 Å². The maximum atomic E-state index is 12.2. The van der Waals surface area contributed by atoms with E-state index in [-0.39, 0.29) is 18.9 Å². The average Bonchev–Trinajstić information content (AvgIpc) is 2.86. The summed E-state index contributed by atoms with van der Waals surface area (Å²) >= 11 is 0. The van der Waals surface area contributed by atoms with Crippen molar-refractivity contribution in [2.45, 2.75) is 12.5 Å². The standard InChI is InChI=1S/C14H21N3O5S/c1-16(2)23(19,20)15-10-7-14(18)17(9-10)11-5-6-12(21-3)13(8-11)22-4/h5-6,8,10,15H,7,9H2,1-4H3. The van der Waals surface area contributed by atoms with E-state index in [1.54, 1.807) is 18.2 Å². The molecule has 0 saturated carbocycles. The predicted octanol–water partition coefficient (Wildman–Crippen LogP) is 0.205. The molecule has 2 rings (SSSR count). The van der Waals surface area contributed by atoms with Crippen LogP contribution in [0, 0.1) is 0 Å². The van der Waals surface area contributed by atoms with E-state index in [9.17, 15) is 13.2 Å². The minimum atomic E-state index is -3.57. The molecule has 9 heteroatoms. The van der Waals surface area contributed by atoms with E-state index < -0.39 is 16.3 Å². The molecule has 1 amide bonds. The summed E-state index contributed by atoms with van der Waals surface area (Å²) in [6.45, 7) is 0.265. The number of carbonyl (C=O) groups excluding carboxylic acids is 1. The van der Waals surface area contributed by atoms with Gasteiger partial charge in [0, 0.05) is 44.9 Å². The monoisotopic (exact) mass is 343 g/mol. The zero-order valence-electron chi connectivity index (χ0n) is 13.6. The minimum Gasteiger partial charge on any atom is -0.493 e. The zero-order valence-corrected chi connectivity index (χ0v) is 14.4. The van der Waals surface area contributed by atoms with Gasteiger partial charge < -0.3 is 14.4 Å². The number of hydrogen-bond donors (Lipinski definition) is 1. The Hall–Kier alpha value is -1.84. The smallest absolute Gasteiger partial charge is 0.279 e. The molecule has 1 atom stereocenters. The van der Waals surface area contributed by atoms with E-state index in [2.05, 4.69) is 4.72 Å². The van der Waals surface area contributed by atoms with E-state index in [1.165, 1.54) is 33.2 Å². The van der Waals surface area contributed by atoms with Crippen LogP contribution in [0.5, 0.6) is 11.5 Å². The van der Waals surface area contributed by atoms with Gasteiger partial charge in [0.05, 0.1) is 14.2 Å². The first-order valence-corrected chi connectivity index (χ1v) is 8.44. The summed E-state index contributed by atoms with van der Waals surface area (Å²) in [5.74, 6) is 0.923. The van der Waals surface area contributed by atoms with Crippen LogP contribution in [-0.2, 0) is 15.0 Å². The summed E-state index contributed by atoms with van der Waals surface area (Å²) < 4.78 is 37.7. The van der Waals surface area contributed by atoms with E-state index in [4.69, 9.17) is 9.47 Å². The fraction of sp³-hybridized carbons (Fsp3) is 0.500. The third-order valence-corrected chi connectivity index (χ3v) is 5.19. The quantitative estimate of drug-likeness (QED) is 0.797. The molecule has 1 N–H and O–H groups in total. The molecule has 1 aliphatic rings. The summed E-state index contributed by atoms with van der Waals surface area (Å²) in [5, 5.41) is 0. The van der Waals surface area contributed by atoms with Gasteiger partial charge >= 0.3 is 0 Å². The normalized spacial score (nSPS) is 18.6. The first kappa shape index (κ1) is 17.5. The first-order chi connectivity index (χ1) is 10.8. The Morgan fingerprint density at radius 3 is 2.43 bits per heavy atom. The molecule has 0 radical (unpaired) electrons. The van der Waals surface area contributed by atoms with Gasteiger partial charge in [-0.25, -0.2) is 0 Å². The number of amides is 1. The summed E-state index contributed by atoms with van der Waals surface area (Å²) in [4.78, 5) is 13.7. The highest BCUT2D eigenvalue weighted by Gasteiger charge is 2.34. The number of methoxy groups -OCH3 is 2. The van der Waals surface area contributed by atoms with E-state index in [1.807, 2.05) is 0 Å². The molecule has 1 saturated heterocycles. The number of rotatable bonds is 6. The fourth-order valence-corrected chi connectivity index (χ4v) is 3.13. The van der Waals surface area contributed by atoms with E-state index >= 15 is 0 Å². The Balaban J connectivity index is 2.18. The zero-order chi connectivity index (χ0) is 17.2. The Morgan fingerprint density at radius 2 is 1.87 bits per heavy atom. The van der Waals surface area contributed by atoms with Crippen LogP contribution in [0.4, 0.5) is 5.69 Å². The van der Waals surface area contributed by atoms with Gasteiger partial charge in [-0.05, 0) is 12.1 Å². The number of carbonyl (C=O) groups is 1. The molecule has 1 heterocycles. The van der Waals surface area contributed by atoms with Gasteiger partial charge in [-0.2, -0.15) is 17.4 Å². The first-order valence-electron chi connectivity index (χ1n) is 7.00. The highest BCUT2D eigenvalue weighted by atomic mass is 32.2. The fourth-order valence-electron chi connectivity index (χ4n) is 2.34. The molecule has 1 aromatic carbocycles. The van der Waals surface area contributed by atoms with E-state index in [0.29, 0.717) is 17.2 Å². The summed E-state index contributed by atoms with van der Waals surface area (Å²) in [6, 6.07) is 4.67. The number of nitrogens with zero attached hydrogens (tertiary/aromatic N) is 2. The van der Waals surface area contributed by atoms with Crippen molar-refractivity contribution in [1.29, 1.82) is 0 Å². The summed E-state index contributed by atoms with van der Waals surface area (Å²) in [7, 11) is 2.34. The van der Waals surface area contributed by atoms with Crippen molar-refractivity contribution in [3.05, 3.63) is 18.2 Å². The topological polar surface area (TPSA) is 88.2 Å². The van der Waals surface area contributed by atoms with Crippen LogP contribution < -0.4 is 19.1 Å². The lowest BCUT2D eigenvalue weighted by Crippen LogP contribution is -2.43. The highest BCUT2D eigenvalue weighted by molar-refractivity contribution is 7.87. The second-order valence-corrected chi connectivity index (χ2v) is 7.27. The van der Waals surface area contributed by atoms with Crippen molar-refractivity contribution in [2.24, 2.45) is 0 Å². The second-order valence-electron chi connectivity index (χ2n) is 5.35. The van der Waals surface area contributed by atoms with Crippen molar-refractivity contribution >= 4 is 21.8 Å².